The third kappa shape index (κ3) is 5.09. The van der Waals surface area contributed by atoms with Crippen molar-refractivity contribution in [2.45, 2.75) is 137 Å². The Labute approximate surface area is 321 Å². The Balaban J connectivity index is 1.07. The minimum atomic E-state index is -4.79. The van der Waals surface area contributed by atoms with Crippen LogP contribution in [0.4, 0.5) is 0 Å². The second-order valence-electron chi connectivity index (χ2n) is 21.4. The molecule has 12 fully saturated rings. The van der Waals surface area contributed by atoms with E-state index in [0.717, 1.165) is 67.1 Å². The van der Waals surface area contributed by atoms with Crippen molar-refractivity contribution in [1.82, 2.24) is 0 Å². The zero-order valence-electron chi connectivity index (χ0n) is 31.7. The molecule has 0 amide bonds. The van der Waals surface area contributed by atoms with Gasteiger partial charge in [-0.1, -0.05) is 48.5 Å². The van der Waals surface area contributed by atoms with Gasteiger partial charge in [0, 0.05) is 5.56 Å². The molecule has 12 bridgehead atoms. The molecule has 0 spiro atoms. The molecule has 1 unspecified atom stereocenters. The van der Waals surface area contributed by atoms with E-state index in [1.165, 1.54) is 93.7 Å². The summed E-state index contributed by atoms with van der Waals surface area (Å²) in [5.41, 5.74) is 3.22. The fraction of sp³-hybridized carbons (Fsp3) is 0.646. The van der Waals surface area contributed by atoms with Gasteiger partial charge in [-0.2, -0.15) is 8.42 Å². The lowest BCUT2D eigenvalue weighted by Gasteiger charge is -2.60. The quantitative estimate of drug-likeness (QED) is 0.192. The van der Waals surface area contributed by atoms with Crippen molar-refractivity contribution in [1.29, 1.82) is 0 Å². The van der Waals surface area contributed by atoms with Gasteiger partial charge >= 0.3 is 16.1 Å². The van der Waals surface area contributed by atoms with Crippen LogP contribution in [0.15, 0.2) is 54.6 Å². The van der Waals surface area contributed by atoms with E-state index >= 15 is 4.79 Å². The predicted molar refractivity (Wildman–Crippen MR) is 210 cm³/mol. The first-order valence-corrected chi connectivity index (χ1v) is 23.4. The Bertz CT molecular complexity index is 2010. The molecule has 0 aliphatic heterocycles. The molecule has 1 atom stereocenters. The maximum Gasteiger partial charge on any atom is 0.340 e. The zero-order chi connectivity index (χ0) is 36.2. The maximum absolute atomic E-state index is 15.5. The average molecular weight is 745 g/mol. The van der Waals surface area contributed by atoms with Gasteiger partial charge in [-0.3, -0.25) is 4.55 Å². The average Bonchev–Trinajstić information content (AvgIpc) is 3.11. The molecular weight excluding hydrogens is 689 g/mol. The van der Waals surface area contributed by atoms with Crippen LogP contribution in [0.1, 0.15) is 154 Å². The summed E-state index contributed by atoms with van der Waals surface area (Å²) < 4.78 is 43.9. The van der Waals surface area contributed by atoms with Crippen LogP contribution < -0.4 is 0 Å². The lowest BCUT2D eigenvalue weighted by molar-refractivity contribution is -0.0131. The number of hydrogen-bond acceptors (Lipinski definition) is 4. The van der Waals surface area contributed by atoms with Crippen LogP contribution in [0.5, 0.6) is 0 Å². The van der Waals surface area contributed by atoms with Gasteiger partial charge in [0.05, 0.1) is 5.56 Å². The Kier molecular flexibility index (Phi) is 7.09. The van der Waals surface area contributed by atoms with Gasteiger partial charge in [-0.15, -0.1) is 0 Å². The van der Waals surface area contributed by atoms with Gasteiger partial charge in [0.25, 0.3) is 5.44 Å². The molecule has 12 aliphatic carbocycles. The molecule has 12 saturated carbocycles. The Hall–Kier alpha value is -2.70. The van der Waals surface area contributed by atoms with Crippen molar-refractivity contribution in [2.24, 2.45) is 53.3 Å². The van der Waals surface area contributed by atoms with Crippen LogP contribution in [0.2, 0.25) is 0 Å². The molecule has 15 rings (SSSR count). The number of esters is 1. The fourth-order valence-electron chi connectivity index (χ4n) is 17.2. The molecule has 0 saturated heterocycles. The van der Waals surface area contributed by atoms with Crippen LogP contribution in [-0.4, -0.2) is 18.9 Å². The van der Waals surface area contributed by atoms with Crippen molar-refractivity contribution >= 4 is 26.9 Å². The molecule has 0 radical (unpaired) electrons. The Morgan fingerprint density at radius 3 is 1.35 bits per heavy atom. The van der Waals surface area contributed by atoms with Crippen molar-refractivity contribution < 1.29 is 22.5 Å². The molecule has 6 heteroatoms. The van der Waals surface area contributed by atoms with Crippen LogP contribution >= 0.6 is 0 Å². The smallest absolute Gasteiger partial charge is 0.340 e. The molecule has 12 aliphatic rings. The van der Waals surface area contributed by atoms with Crippen molar-refractivity contribution in [3.05, 3.63) is 82.4 Å². The maximum atomic E-state index is 15.5. The first-order chi connectivity index (χ1) is 26.0. The van der Waals surface area contributed by atoms with Crippen molar-refractivity contribution in [3.63, 3.8) is 0 Å². The second kappa shape index (κ2) is 11.5. The van der Waals surface area contributed by atoms with E-state index in [-0.39, 0.29) is 16.2 Å². The summed E-state index contributed by atoms with van der Waals surface area (Å²) in [5.74, 6) is 6.16. The molecule has 1 N–H and O–H groups in total. The Morgan fingerprint density at radius 2 is 0.944 bits per heavy atom. The molecular formula is C48H56O5S. The molecule has 5 nitrogen and oxygen atoms in total. The van der Waals surface area contributed by atoms with E-state index < -0.39 is 21.5 Å². The van der Waals surface area contributed by atoms with Gasteiger partial charge < -0.3 is 4.74 Å². The van der Waals surface area contributed by atoms with Gasteiger partial charge in [-0.25, -0.2) is 4.79 Å². The summed E-state index contributed by atoms with van der Waals surface area (Å²) in [6.07, 6.45) is 22.8. The summed E-state index contributed by atoms with van der Waals surface area (Å²) in [5, 5.41) is 1.82. The molecule has 54 heavy (non-hydrogen) atoms. The topological polar surface area (TPSA) is 80.7 Å². The summed E-state index contributed by atoms with van der Waals surface area (Å²) in [6, 6.07) is 18.2. The molecule has 3 aromatic carbocycles. The molecule has 3 aromatic rings. The number of carbonyl (C=O) groups excluding carboxylic acids is 1. The highest BCUT2D eigenvalue weighted by atomic mass is 32.2. The van der Waals surface area contributed by atoms with E-state index in [9.17, 15) is 13.0 Å². The standard InChI is InChI=1S/C48H56O5S/c49-44(53-45(54(50,51)52)39-6-5-37-3-1-2-4-38(37)16-39)43-41(47-22-31-10-32(23-47)12-33(11-31)24-47)17-40(46-19-28-7-29(20-46)9-30(8-28)21-46)18-42(43)48-25-34-13-35(26-48)15-36(14-34)27-48/h1-6,16-18,28-36,45H,7-15,19-27H2,(H,50,51,52). The highest BCUT2D eigenvalue weighted by Gasteiger charge is 2.58. The monoisotopic (exact) mass is 744 g/mol. The third-order valence-corrected chi connectivity index (χ3v) is 18.7. The summed E-state index contributed by atoms with van der Waals surface area (Å²) in [4.78, 5) is 15.5. The van der Waals surface area contributed by atoms with Crippen LogP contribution in [0, 0.1) is 53.3 Å². The normalized spacial score (nSPS) is 42.9. The Morgan fingerprint density at radius 1 is 0.556 bits per heavy atom. The number of rotatable bonds is 7. The van der Waals surface area contributed by atoms with E-state index in [1.807, 2.05) is 30.3 Å². The van der Waals surface area contributed by atoms with E-state index in [2.05, 4.69) is 12.1 Å². The molecule has 0 aromatic heterocycles. The first-order valence-electron chi connectivity index (χ1n) is 21.9. The lowest BCUT2D eigenvalue weighted by atomic mass is 9.44. The number of benzene rings is 3. The fourth-order valence-corrected chi connectivity index (χ4v) is 17.9. The van der Waals surface area contributed by atoms with E-state index in [1.54, 1.807) is 12.1 Å². The number of ether oxygens (including phenoxy) is 1. The lowest BCUT2D eigenvalue weighted by Crippen LogP contribution is -2.52. The minimum absolute atomic E-state index is 0.0744. The number of fused-ring (bicyclic) bond motifs is 1. The molecule has 284 valence electrons. The van der Waals surface area contributed by atoms with Gasteiger partial charge in [0.2, 0.25) is 0 Å². The van der Waals surface area contributed by atoms with E-state index in [0.29, 0.717) is 46.6 Å². The summed E-state index contributed by atoms with van der Waals surface area (Å²) >= 11 is 0. The van der Waals surface area contributed by atoms with Crippen molar-refractivity contribution in [2.75, 3.05) is 0 Å². The third-order valence-electron chi connectivity index (χ3n) is 17.7. The number of carbonyl (C=O) groups is 1. The van der Waals surface area contributed by atoms with Crippen molar-refractivity contribution in [3.8, 4) is 0 Å². The second-order valence-corrected chi connectivity index (χ2v) is 22.9. The SMILES string of the molecule is O=C(OC(c1ccc2ccccc2c1)S(=O)(=O)O)c1c(C23CC4CC(CC(C4)C2)C3)cc(C23CC4CC(CC(C4)C2)C3)cc1C12CC3CC(CC(C3)C1)C2. The summed E-state index contributed by atoms with van der Waals surface area (Å²) in [6.45, 7) is 0. The van der Waals surface area contributed by atoms with Crippen LogP contribution in [0.3, 0.4) is 0 Å². The van der Waals surface area contributed by atoms with E-state index in [4.69, 9.17) is 4.74 Å². The number of hydrogen-bond donors (Lipinski definition) is 1. The highest BCUT2D eigenvalue weighted by Crippen LogP contribution is 2.67. The van der Waals surface area contributed by atoms with Gasteiger partial charge in [-0.05, 0) is 219 Å². The zero-order valence-corrected chi connectivity index (χ0v) is 32.5. The summed E-state index contributed by atoms with van der Waals surface area (Å²) in [7, 11) is -4.79. The largest absolute Gasteiger partial charge is 0.435 e. The minimum Gasteiger partial charge on any atom is -0.435 e. The van der Waals surface area contributed by atoms with Gasteiger partial charge in [0.15, 0.2) is 0 Å². The highest BCUT2D eigenvalue weighted by molar-refractivity contribution is 7.85. The van der Waals surface area contributed by atoms with Gasteiger partial charge in [0.1, 0.15) is 0 Å². The van der Waals surface area contributed by atoms with Crippen LogP contribution in [0.25, 0.3) is 10.8 Å². The molecule has 0 heterocycles. The predicted octanol–water partition coefficient (Wildman–Crippen LogP) is 11.0. The van der Waals surface area contributed by atoms with Crippen LogP contribution in [-0.2, 0) is 31.1 Å². The first kappa shape index (κ1) is 33.4.